The molecule has 0 aliphatic carbocycles. The molecule has 0 spiro atoms. The van der Waals surface area contributed by atoms with E-state index in [0.717, 1.165) is 34.0 Å². The van der Waals surface area contributed by atoms with Gasteiger partial charge in [0.1, 0.15) is 22.9 Å². The summed E-state index contributed by atoms with van der Waals surface area (Å²) in [6, 6.07) is 29.2. The number of rotatable bonds is 5. The van der Waals surface area contributed by atoms with Crippen molar-refractivity contribution in [2.24, 2.45) is 0 Å². The second-order valence-electron chi connectivity index (χ2n) is 6.52. The standard InChI is InChI=1S/C25H17NO3/c1-2-6-20(7-3-1)29-21-12-10-18(11-13-21)19-16-22(24-8-4-14-27-24)26-23(17-19)25-9-5-15-28-25/h1-17H. The fraction of sp³-hybridized carbons (Fsp3) is 0. The molecule has 4 heteroatoms. The minimum Gasteiger partial charge on any atom is -0.463 e. The molecule has 0 fully saturated rings. The number of para-hydroxylation sites is 1. The number of furan rings is 2. The zero-order valence-electron chi connectivity index (χ0n) is 15.5. The number of benzene rings is 2. The van der Waals surface area contributed by atoms with Crippen molar-refractivity contribution in [3.8, 4) is 45.5 Å². The zero-order valence-corrected chi connectivity index (χ0v) is 15.5. The molecule has 5 aromatic rings. The van der Waals surface area contributed by atoms with Crippen LogP contribution in [0.4, 0.5) is 0 Å². The van der Waals surface area contributed by atoms with E-state index in [1.165, 1.54) is 0 Å². The van der Waals surface area contributed by atoms with Crippen LogP contribution in [0.15, 0.2) is 112 Å². The Bertz CT molecular complexity index is 1140. The van der Waals surface area contributed by atoms with Crippen molar-refractivity contribution in [2.45, 2.75) is 0 Å². The Balaban J connectivity index is 1.51. The topological polar surface area (TPSA) is 48.4 Å². The fourth-order valence-corrected chi connectivity index (χ4v) is 3.14. The summed E-state index contributed by atoms with van der Waals surface area (Å²) in [5.41, 5.74) is 3.57. The van der Waals surface area contributed by atoms with Gasteiger partial charge in [-0.2, -0.15) is 0 Å². The van der Waals surface area contributed by atoms with Crippen molar-refractivity contribution in [1.82, 2.24) is 4.98 Å². The molecule has 3 aromatic heterocycles. The van der Waals surface area contributed by atoms with Crippen molar-refractivity contribution in [3.05, 3.63) is 104 Å². The summed E-state index contributed by atoms with van der Waals surface area (Å²) in [6.07, 6.45) is 3.29. The van der Waals surface area contributed by atoms with E-state index in [0.29, 0.717) is 11.5 Å². The van der Waals surface area contributed by atoms with Crippen LogP contribution in [0.25, 0.3) is 34.0 Å². The molecule has 0 radical (unpaired) electrons. The molecular weight excluding hydrogens is 362 g/mol. The number of pyridine rings is 1. The largest absolute Gasteiger partial charge is 0.463 e. The van der Waals surface area contributed by atoms with Crippen molar-refractivity contribution < 1.29 is 13.6 Å². The zero-order chi connectivity index (χ0) is 19.5. The van der Waals surface area contributed by atoms with E-state index in [1.807, 2.05) is 91.0 Å². The van der Waals surface area contributed by atoms with Crippen LogP contribution in [0.1, 0.15) is 0 Å². The normalized spacial score (nSPS) is 10.8. The summed E-state index contributed by atoms with van der Waals surface area (Å²) in [6.45, 7) is 0. The highest BCUT2D eigenvalue weighted by Gasteiger charge is 2.12. The Morgan fingerprint density at radius 3 is 1.69 bits per heavy atom. The molecule has 0 atom stereocenters. The van der Waals surface area contributed by atoms with Crippen LogP contribution >= 0.6 is 0 Å². The summed E-state index contributed by atoms with van der Waals surface area (Å²) in [5, 5.41) is 0. The molecule has 0 saturated carbocycles. The van der Waals surface area contributed by atoms with Crippen LogP contribution in [-0.2, 0) is 0 Å². The first-order valence-electron chi connectivity index (χ1n) is 9.28. The fourth-order valence-electron chi connectivity index (χ4n) is 3.14. The molecule has 0 saturated heterocycles. The van der Waals surface area contributed by atoms with E-state index in [9.17, 15) is 0 Å². The molecule has 5 rings (SSSR count). The predicted molar refractivity (Wildman–Crippen MR) is 112 cm³/mol. The van der Waals surface area contributed by atoms with Gasteiger partial charge in [0.2, 0.25) is 0 Å². The minimum atomic E-state index is 0.712. The van der Waals surface area contributed by atoms with Crippen LogP contribution in [0.3, 0.4) is 0 Å². The van der Waals surface area contributed by atoms with Gasteiger partial charge in [0.05, 0.1) is 12.5 Å². The lowest BCUT2D eigenvalue weighted by Gasteiger charge is -2.09. The molecule has 0 unspecified atom stereocenters. The Labute approximate surface area is 168 Å². The van der Waals surface area contributed by atoms with Crippen molar-refractivity contribution in [2.75, 3.05) is 0 Å². The molecule has 0 amide bonds. The molecule has 4 nitrogen and oxygen atoms in total. The van der Waals surface area contributed by atoms with Gasteiger partial charge in [-0.3, -0.25) is 0 Å². The molecule has 140 valence electrons. The molecule has 2 aromatic carbocycles. The molecule has 29 heavy (non-hydrogen) atoms. The third-order valence-corrected chi connectivity index (χ3v) is 4.54. The average Bonchev–Trinajstić information content (AvgIpc) is 3.49. The first kappa shape index (κ1) is 17.1. The Kier molecular flexibility index (Phi) is 4.43. The second-order valence-corrected chi connectivity index (χ2v) is 6.52. The van der Waals surface area contributed by atoms with Crippen LogP contribution in [0.5, 0.6) is 11.5 Å². The number of aromatic nitrogens is 1. The van der Waals surface area contributed by atoms with Gasteiger partial charge in [0, 0.05) is 0 Å². The number of hydrogen-bond donors (Lipinski definition) is 0. The van der Waals surface area contributed by atoms with E-state index in [1.54, 1.807) is 12.5 Å². The molecule has 0 bridgehead atoms. The average molecular weight is 379 g/mol. The van der Waals surface area contributed by atoms with E-state index >= 15 is 0 Å². The quantitative estimate of drug-likeness (QED) is 0.328. The third-order valence-electron chi connectivity index (χ3n) is 4.54. The maximum Gasteiger partial charge on any atom is 0.152 e. The first-order chi connectivity index (χ1) is 14.3. The van der Waals surface area contributed by atoms with Gasteiger partial charge >= 0.3 is 0 Å². The van der Waals surface area contributed by atoms with Crippen LogP contribution in [0, 0.1) is 0 Å². The number of hydrogen-bond acceptors (Lipinski definition) is 4. The summed E-state index contributed by atoms with van der Waals surface area (Å²) in [4.78, 5) is 4.71. The molecular formula is C25H17NO3. The Morgan fingerprint density at radius 1 is 0.552 bits per heavy atom. The van der Waals surface area contributed by atoms with Gasteiger partial charge in [-0.25, -0.2) is 4.98 Å². The monoisotopic (exact) mass is 379 g/mol. The summed E-state index contributed by atoms with van der Waals surface area (Å²) in [5.74, 6) is 3.02. The first-order valence-corrected chi connectivity index (χ1v) is 9.28. The summed E-state index contributed by atoms with van der Waals surface area (Å²) < 4.78 is 17.0. The van der Waals surface area contributed by atoms with Crippen LogP contribution < -0.4 is 4.74 Å². The van der Waals surface area contributed by atoms with Crippen LogP contribution in [-0.4, -0.2) is 4.98 Å². The summed E-state index contributed by atoms with van der Waals surface area (Å²) in [7, 11) is 0. The van der Waals surface area contributed by atoms with E-state index < -0.39 is 0 Å². The van der Waals surface area contributed by atoms with Crippen LogP contribution in [0.2, 0.25) is 0 Å². The maximum absolute atomic E-state index is 5.89. The van der Waals surface area contributed by atoms with E-state index in [2.05, 4.69) is 0 Å². The SMILES string of the molecule is c1ccc(Oc2ccc(-c3cc(-c4ccco4)nc(-c4ccco4)c3)cc2)cc1. The third kappa shape index (κ3) is 3.69. The Hall–Kier alpha value is -4.05. The van der Waals surface area contributed by atoms with Gasteiger partial charge in [0.15, 0.2) is 11.5 Å². The lowest BCUT2D eigenvalue weighted by Crippen LogP contribution is -1.90. The predicted octanol–water partition coefficient (Wildman–Crippen LogP) is 7.06. The number of ether oxygens (including phenoxy) is 1. The number of nitrogens with zero attached hydrogens (tertiary/aromatic N) is 1. The minimum absolute atomic E-state index is 0.712. The van der Waals surface area contributed by atoms with Gasteiger partial charge in [-0.15, -0.1) is 0 Å². The highest BCUT2D eigenvalue weighted by molar-refractivity contribution is 5.74. The molecule has 0 N–H and O–H groups in total. The Morgan fingerprint density at radius 2 is 1.14 bits per heavy atom. The second kappa shape index (κ2) is 7.52. The highest BCUT2D eigenvalue weighted by atomic mass is 16.5. The maximum atomic E-state index is 5.89. The van der Waals surface area contributed by atoms with Gasteiger partial charge < -0.3 is 13.6 Å². The van der Waals surface area contributed by atoms with E-state index in [4.69, 9.17) is 18.6 Å². The molecule has 0 aliphatic rings. The van der Waals surface area contributed by atoms with Gasteiger partial charge in [-0.1, -0.05) is 30.3 Å². The lowest BCUT2D eigenvalue weighted by atomic mass is 10.0. The smallest absolute Gasteiger partial charge is 0.152 e. The van der Waals surface area contributed by atoms with E-state index in [-0.39, 0.29) is 0 Å². The van der Waals surface area contributed by atoms with Gasteiger partial charge in [-0.05, 0) is 71.8 Å². The van der Waals surface area contributed by atoms with Crippen molar-refractivity contribution in [3.63, 3.8) is 0 Å². The molecule has 0 aliphatic heterocycles. The summed E-state index contributed by atoms with van der Waals surface area (Å²) >= 11 is 0. The van der Waals surface area contributed by atoms with Gasteiger partial charge in [0.25, 0.3) is 0 Å². The highest BCUT2D eigenvalue weighted by Crippen LogP contribution is 2.32. The lowest BCUT2D eigenvalue weighted by molar-refractivity contribution is 0.483. The van der Waals surface area contributed by atoms with Crippen molar-refractivity contribution in [1.29, 1.82) is 0 Å². The van der Waals surface area contributed by atoms with Crippen molar-refractivity contribution >= 4 is 0 Å². The molecule has 3 heterocycles.